The molecule has 0 N–H and O–H groups in total. The summed E-state index contributed by atoms with van der Waals surface area (Å²) in [5.41, 5.74) is 0. The third-order valence-electron chi connectivity index (χ3n) is 1.99. The van der Waals surface area contributed by atoms with Crippen molar-refractivity contribution in [3.8, 4) is 0 Å². The summed E-state index contributed by atoms with van der Waals surface area (Å²) in [7, 11) is 3.82. The Morgan fingerprint density at radius 1 is 1.45 bits per heavy atom. The van der Waals surface area contributed by atoms with Gasteiger partial charge >= 0.3 is 0 Å². The first-order valence-corrected chi connectivity index (χ1v) is 4.12. The molecule has 11 heavy (non-hydrogen) atoms. The van der Waals surface area contributed by atoms with E-state index in [0.717, 1.165) is 19.7 Å². The highest BCUT2D eigenvalue weighted by Gasteiger charge is 2.19. The van der Waals surface area contributed by atoms with Crippen LogP contribution in [0.1, 0.15) is 6.42 Å². The maximum absolute atomic E-state index is 5.55. The number of rotatable bonds is 4. The highest BCUT2D eigenvalue weighted by atomic mass is 16.5. The number of likely N-dealkylation sites (N-methyl/N-ethyl adjacent to an activating group) is 1. The minimum Gasteiger partial charge on any atom is -0.382 e. The van der Waals surface area contributed by atoms with Gasteiger partial charge in [0.25, 0.3) is 0 Å². The third kappa shape index (κ3) is 3.18. The van der Waals surface area contributed by atoms with Gasteiger partial charge in [0.2, 0.25) is 0 Å². The monoisotopic (exact) mass is 159 g/mol. The van der Waals surface area contributed by atoms with Gasteiger partial charge in [-0.1, -0.05) is 0 Å². The second-order valence-corrected chi connectivity index (χ2v) is 3.04. The third-order valence-corrected chi connectivity index (χ3v) is 1.99. The van der Waals surface area contributed by atoms with Gasteiger partial charge in [0.15, 0.2) is 0 Å². The van der Waals surface area contributed by atoms with Crippen LogP contribution < -0.4 is 0 Å². The molecule has 1 atom stereocenters. The first-order chi connectivity index (χ1) is 5.33. The SMILES string of the molecule is COCCO[C@H]1CCN(C)C1. The van der Waals surface area contributed by atoms with Crippen molar-refractivity contribution in [3.05, 3.63) is 0 Å². The van der Waals surface area contributed by atoms with E-state index in [-0.39, 0.29) is 0 Å². The maximum atomic E-state index is 5.55. The zero-order valence-electron chi connectivity index (χ0n) is 7.38. The van der Waals surface area contributed by atoms with Crippen molar-refractivity contribution in [1.29, 1.82) is 0 Å². The summed E-state index contributed by atoms with van der Waals surface area (Å²) in [6, 6.07) is 0. The molecule has 0 spiro atoms. The molecule has 0 saturated carbocycles. The second-order valence-electron chi connectivity index (χ2n) is 3.04. The normalized spacial score (nSPS) is 26.2. The quantitative estimate of drug-likeness (QED) is 0.553. The van der Waals surface area contributed by atoms with E-state index in [4.69, 9.17) is 9.47 Å². The van der Waals surface area contributed by atoms with Crippen LogP contribution in [0.3, 0.4) is 0 Å². The summed E-state index contributed by atoms with van der Waals surface area (Å²) in [6.45, 7) is 3.68. The Morgan fingerprint density at radius 2 is 2.27 bits per heavy atom. The Kier molecular flexibility index (Phi) is 3.83. The summed E-state index contributed by atoms with van der Waals surface area (Å²) in [5.74, 6) is 0. The predicted molar refractivity (Wildman–Crippen MR) is 43.7 cm³/mol. The van der Waals surface area contributed by atoms with Crippen LogP contribution in [0.15, 0.2) is 0 Å². The molecule has 0 aromatic heterocycles. The molecule has 0 aliphatic carbocycles. The number of likely N-dealkylation sites (tertiary alicyclic amines) is 1. The number of hydrogen-bond donors (Lipinski definition) is 0. The lowest BCUT2D eigenvalue weighted by Crippen LogP contribution is -2.20. The van der Waals surface area contributed by atoms with Crippen molar-refractivity contribution in [1.82, 2.24) is 4.90 Å². The average Bonchev–Trinajstić information content (AvgIpc) is 2.37. The van der Waals surface area contributed by atoms with Crippen molar-refractivity contribution in [2.75, 3.05) is 40.5 Å². The van der Waals surface area contributed by atoms with Gasteiger partial charge in [-0.05, 0) is 13.5 Å². The Hall–Kier alpha value is -0.120. The molecule has 66 valence electrons. The van der Waals surface area contributed by atoms with E-state index in [9.17, 15) is 0 Å². The van der Waals surface area contributed by atoms with Crippen molar-refractivity contribution in [2.24, 2.45) is 0 Å². The van der Waals surface area contributed by atoms with Crippen LogP contribution in [0, 0.1) is 0 Å². The van der Waals surface area contributed by atoms with Crippen LogP contribution in [0.5, 0.6) is 0 Å². The number of nitrogens with zero attached hydrogens (tertiary/aromatic N) is 1. The fourth-order valence-electron chi connectivity index (χ4n) is 1.33. The first-order valence-electron chi connectivity index (χ1n) is 4.12. The minimum atomic E-state index is 0.440. The maximum Gasteiger partial charge on any atom is 0.0715 e. The second kappa shape index (κ2) is 4.70. The van der Waals surface area contributed by atoms with Gasteiger partial charge in [-0.3, -0.25) is 0 Å². The zero-order chi connectivity index (χ0) is 8.10. The lowest BCUT2D eigenvalue weighted by molar-refractivity contribution is 0.0233. The van der Waals surface area contributed by atoms with E-state index < -0.39 is 0 Å². The van der Waals surface area contributed by atoms with Crippen LogP contribution in [-0.2, 0) is 9.47 Å². The van der Waals surface area contributed by atoms with Crippen LogP contribution in [0.4, 0.5) is 0 Å². The lowest BCUT2D eigenvalue weighted by Gasteiger charge is -2.10. The molecular formula is C8H17NO2. The highest BCUT2D eigenvalue weighted by Crippen LogP contribution is 2.09. The molecule has 0 bridgehead atoms. The molecular weight excluding hydrogens is 142 g/mol. The topological polar surface area (TPSA) is 21.7 Å². The van der Waals surface area contributed by atoms with Crippen LogP contribution in [-0.4, -0.2) is 51.5 Å². The first kappa shape index (κ1) is 8.97. The van der Waals surface area contributed by atoms with E-state index in [2.05, 4.69) is 11.9 Å². The van der Waals surface area contributed by atoms with Gasteiger partial charge in [-0.15, -0.1) is 0 Å². The van der Waals surface area contributed by atoms with E-state index >= 15 is 0 Å². The van der Waals surface area contributed by atoms with Gasteiger partial charge in [-0.2, -0.15) is 0 Å². The lowest BCUT2D eigenvalue weighted by atomic mass is 10.3. The fourth-order valence-corrected chi connectivity index (χ4v) is 1.33. The molecule has 0 unspecified atom stereocenters. The Labute approximate surface area is 68.3 Å². The van der Waals surface area contributed by atoms with Gasteiger partial charge in [0.1, 0.15) is 0 Å². The molecule has 1 heterocycles. The summed E-state index contributed by atoms with van der Waals surface area (Å²) < 4.78 is 10.4. The molecule has 1 rings (SSSR count). The van der Waals surface area contributed by atoms with Gasteiger partial charge in [0.05, 0.1) is 19.3 Å². The molecule has 1 aliphatic rings. The molecule has 1 aliphatic heterocycles. The minimum absolute atomic E-state index is 0.440. The molecule has 1 fully saturated rings. The average molecular weight is 159 g/mol. The molecule has 0 radical (unpaired) electrons. The number of hydrogen-bond acceptors (Lipinski definition) is 3. The van der Waals surface area contributed by atoms with E-state index in [1.807, 2.05) is 0 Å². The molecule has 0 aromatic rings. The van der Waals surface area contributed by atoms with Gasteiger partial charge < -0.3 is 14.4 Å². The molecule has 3 nitrogen and oxygen atoms in total. The summed E-state index contributed by atoms with van der Waals surface area (Å²) >= 11 is 0. The van der Waals surface area contributed by atoms with Crippen molar-refractivity contribution in [3.63, 3.8) is 0 Å². The molecule has 3 heteroatoms. The van der Waals surface area contributed by atoms with E-state index in [1.165, 1.54) is 6.42 Å². The fraction of sp³-hybridized carbons (Fsp3) is 1.00. The van der Waals surface area contributed by atoms with E-state index in [0.29, 0.717) is 12.7 Å². The van der Waals surface area contributed by atoms with Crippen molar-refractivity contribution in [2.45, 2.75) is 12.5 Å². The summed E-state index contributed by atoms with van der Waals surface area (Å²) in [5, 5.41) is 0. The molecule has 0 aromatic carbocycles. The standard InChI is InChI=1S/C8H17NO2/c1-9-4-3-8(7-9)11-6-5-10-2/h8H,3-7H2,1-2H3/t8-/m0/s1. The van der Waals surface area contributed by atoms with Crippen LogP contribution in [0.25, 0.3) is 0 Å². The summed E-state index contributed by atoms with van der Waals surface area (Å²) in [6.07, 6.45) is 1.61. The van der Waals surface area contributed by atoms with Crippen molar-refractivity contribution >= 4 is 0 Å². The Balaban J connectivity index is 1.99. The smallest absolute Gasteiger partial charge is 0.0715 e. The number of ether oxygens (including phenoxy) is 2. The number of methoxy groups -OCH3 is 1. The van der Waals surface area contributed by atoms with E-state index in [1.54, 1.807) is 7.11 Å². The molecule has 0 amide bonds. The zero-order valence-corrected chi connectivity index (χ0v) is 7.38. The molecule has 1 saturated heterocycles. The van der Waals surface area contributed by atoms with Crippen LogP contribution in [0.2, 0.25) is 0 Å². The Morgan fingerprint density at radius 3 is 2.82 bits per heavy atom. The van der Waals surface area contributed by atoms with Crippen molar-refractivity contribution < 1.29 is 9.47 Å². The largest absolute Gasteiger partial charge is 0.382 e. The highest BCUT2D eigenvalue weighted by molar-refractivity contribution is 4.72. The van der Waals surface area contributed by atoms with Gasteiger partial charge in [-0.25, -0.2) is 0 Å². The van der Waals surface area contributed by atoms with Gasteiger partial charge in [0, 0.05) is 20.2 Å². The Bertz CT molecular complexity index is 108. The predicted octanol–water partition coefficient (Wildman–Crippen LogP) is 0.354. The summed E-state index contributed by atoms with van der Waals surface area (Å²) in [4.78, 5) is 2.29. The van der Waals surface area contributed by atoms with Crippen LogP contribution >= 0.6 is 0 Å².